The van der Waals surface area contributed by atoms with E-state index in [1.807, 2.05) is 39.8 Å². The molecular weight excluding hydrogens is 269 g/mol. The second-order valence-corrected chi connectivity index (χ2v) is 6.19. The van der Waals surface area contributed by atoms with E-state index in [-0.39, 0.29) is 11.2 Å². The van der Waals surface area contributed by atoms with Gasteiger partial charge in [0.25, 0.3) is 0 Å². The number of aromatic nitrogens is 5. The third-order valence-corrected chi connectivity index (χ3v) is 4.16. The minimum absolute atomic E-state index is 0.357. The monoisotopic (exact) mass is 287 g/mol. The lowest BCUT2D eigenvalue weighted by Crippen LogP contribution is -2.41. The quantitative estimate of drug-likeness (QED) is 0.752. The molecule has 0 atom stereocenters. The number of aryl methyl sites for hydroxylation is 1. The summed E-state index contributed by atoms with van der Waals surface area (Å²) in [4.78, 5) is 4.40. The van der Waals surface area contributed by atoms with Crippen LogP contribution in [0.3, 0.4) is 0 Å². The first kappa shape index (κ1) is 14.2. The van der Waals surface area contributed by atoms with Gasteiger partial charge in [-0.1, -0.05) is 6.07 Å². The van der Waals surface area contributed by atoms with Crippen molar-refractivity contribution in [3.63, 3.8) is 0 Å². The van der Waals surface area contributed by atoms with Crippen molar-refractivity contribution in [3.8, 4) is 11.5 Å². The van der Waals surface area contributed by atoms with Gasteiger partial charge >= 0.3 is 7.12 Å². The van der Waals surface area contributed by atoms with Crippen molar-refractivity contribution in [1.29, 1.82) is 0 Å². The van der Waals surface area contributed by atoms with E-state index in [1.54, 1.807) is 17.9 Å². The average Bonchev–Trinajstić information content (AvgIpc) is 2.92. The van der Waals surface area contributed by atoms with E-state index < -0.39 is 7.12 Å². The SMILES string of the molecule is Cn1nnnc1-c1ccc(B2OC(C)(C)C(C)(C)O2)cn1. The Kier molecular flexibility index (Phi) is 3.10. The molecule has 1 aliphatic rings. The highest BCUT2D eigenvalue weighted by atomic mass is 16.7. The number of pyridine rings is 1. The lowest BCUT2D eigenvalue weighted by molar-refractivity contribution is 0.00578. The van der Waals surface area contributed by atoms with Crippen LogP contribution in [0.25, 0.3) is 11.5 Å². The molecule has 0 aliphatic carbocycles. The smallest absolute Gasteiger partial charge is 0.399 e. The van der Waals surface area contributed by atoms with Crippen LogP contribution in [0.1, 0.15) is 27.7 Å². The minimum atomic E-state index is -0.408. The number of hydrogen-bond acceptors (Lipinski definition) is 6. The van der Waals surface area contributed by atoms with Gasteiger partial charge in [0, 0.05) is 18.7 Å². The molecule has 7 nitrogen and oxygen atoms in total. The van der Waals surface area contributed by atoms with Gasteiger partial charge < -0.3 is 9.31 Å². The number of nitrogens with zero attached hydrogens (tertiary/aromatic N) is 5. The minimum Gasteiger partial charge on any atom is -0.399 e. The zero-order valence-corrected chi connectivity index (χ0v) is 12.9. The number of tetrazole rings is 1. The van der Waals surface area contributed by atoms with Gasteiger partial charge in [-0.3, -0.25) is 4.98 Å². The molecule has 110 valence electrons. The standard InChI is InChI=1S/C13H18BN5O2/c1-12(2)13(3,4)21-14(20-12)9-6-7-10(15-8-9)11-16-17-18-19(11)5/h6-8H,1-5H3. The Morgan fingerprint density at radius 3 is 2.24 bits per heavy atom. The van der Waals surface area contributed by atoms with Crippen LogP contribution in [0, 0.1) is 0 Å². The Balaban J connectivity index is 1.85. The zero-order valence-electron chi connectivity index (χ0n) is 12.9. The molecule has 21 heavy (non-hydrogen) atoms. The summed E-state index contributed by atoms with van der Waals surface area (Å²) < 4.78 is 13.6. The number of hydrogen-bond donors (Lipinski definition) is 0. The largest absolute Gasteiger partial charge is 0.496 e. The van der Waals surface area contributed by atoms with E-state index in [0.717, 1.165) is 5.46 Å². The molecule has 2 aromatic rings. The van der Waals surface area contributed by atoms with Crippen molar-refractivity contribution in [3.05, 3.63) is 18.3 Å². The first-order valence-corrected chi connectivity index (χ1v) is 6.84. The van der Waals surface area contributed by atoms with Gasteiger partial charge in [0.05, 0.1) is 11.2 Å². The van der Waals surface area contributed by atoms with Crippen molar-refractivity contribution in [2.24, 2.45) is 7.05 Å². The fourth-order valence-corrected chi connectivity index (χ4v) is 2.10. The summed E-state index contributed by atoms with van der Waals surface area (Å²) >= 11 is 0. The van der Waals surface area contributed by atoms with Gasteiger partial charge in [-0.2, -0.15) is 0 Å². The molecule has 0 spiro atoms. The molecule has 1 aliphatic heterocycles. The van der Waals surface area contributed by atoms with Crippen LogP contribution in [0.15, 0.2) is 18.3 Å². The van der Waals surface area contributed by atoms with Crippen molar-refractivity contribution < 1.29 is 9.31 Å². The molecule has 0 bridgehead atoms. The Bertz CT molecular complexity index is 637. The summed E-state index contributed by atoms with van der Waals surface area (Å²) in [5.74, 6) is 0.621. The van der Waals surface area contributed by atoms with E-state index >= 15 is 0 Å². The molecular formula is C13H18BN5O2. The fraction of sp³-hybridized carbons (Fsp3) is 0.538. The van der Waals surface area contributed by atoms with Crippen molar-refractivity contribution >= 4 is 12.6 Å². The summed E-state index contributed by atoms with van der Waals surface area (Å²) in [6.07, 6.45) is 1.74. The van der Waals surface area contributed by atoms with Crippen LogP contribution in [0.5, 0.6) is 0 Å². The Labute approximate surface area is 123 Å². The number of rotatable bonds is 2. The molecule has 8 heteroatoms. The molecule has 0 amide bonds. The summed E-state index contributed by atoms with van der Waals surface area (Å²) in [5, 5.41) is 11.3. The zero-order chi connectivity index (χ0) is 15.3. The van der Waals surface area contributed by atoms with Gasteiger partial charge in [0.15, 0.2) is 5.82 Å². The Morgan fingerprint density at radius 1 is 1.10 bits per heavy atom. The molecule has 3 rings (SSSR count). The highest BCUT2D eigenvalue weighted by Crippen LogP contribution is 2.36. The summed E-state index contributed by atoms with van der Waals surface area (Å²) in [5.41, 5.74) is 0.878. The molecule has 0 N–H and O–H groups in total. The fourth-order valence-electron chi connectivity index (χ4n) is 2.10. The van der Waals surface area contributed by atoms with Crippen LogP contribution < -0.4 is 5.46 Å². The predicted molar refractivity (Wildman–Crippen MR) is 77.7 cm³/mol. The third kappa shape index (κ3) is 2.34. The highest BCUT2D eigenvalue weighted by Gasteiger charge is 2.51. The summed E-state index contributed by atoms with van der Waals surface area (Å²) in [6.45, 7) is 8.11. The normalized spacial score (nSPS) is 20.0. The lowest BCUT2D eigenvalue weighted by atomic mass is 9.80. The summed E-state index contributed by atoms with van der Waals surface area (Å²) in [6, 6.07) is 3.80. The van der Waals surface area contributed by atoms with Gasteiger partial charge in [0.1, 0.15) is 5.69 Å². The van der Waals surface area contributed by atoms with Crippen LogP contribution >= 0.6 is 0 Å². The van der Waals surface area contributed by atoms with E-state index in [9.17, 15) is 0 Å². The van der Waals surface area contributed by atoms with Crippen LogP contribution in [0.2, 0.25) is 0 Å². The van der Waals surface area contributed by atoms with E-state index in [2.05, 4.69) is 20.5 Å². The Morgan fingerprint density at radius 2 is 1.76 bits per heavy atom. The molecule has 3 heterocycles. The van der Waals surface area contributed by atoms with Crippen molar-refractivity contribution in [1.82, 2.24) is 25.2 Å². The van der Waals surface area contributed by atoms with Gasteiger partial charge in [-0.15, -0.1) is 5.10 Å². The second-order valence-electron chi connectivity index (χ2n) is 6.19. The van der Waals surface area contributed by atoms with Crippen molar-refractivity contribution in [2.75, 3.05) is 0 Å². The molecule has 0 radical (unpaired) electrons. The summed E-state index contributed by atoms with van der Waals surface area (Å²) in [7, 11) is 1.37. The van der Waals surface area contributed by atoms with Gasteiger partial charge in [0.2, 0.25) is 0 Å². The van der Waals surface area contributed by atoms with Crippen LogP contribution in [-0.4, -0.2) is 43.5 Å². The molecule has 1 saturated heterocycles. The molecule has 1 fully saturated rings. The maximum absolute atomic E-state index is 6.00. The molecule has 2 aromatic heterocycles. The highest BCUT2D eigenvalue weighted by molar-refractivity contribution is 6.62. The third-order valence-electron chi connectivity index (χ3n) is 4.16. The van der Waals surface area contributed by atoms with Crippen molar-refractivity contribution in [2.45, 2.75) is 38.9 Å². The predicted octanol–water partition coefficient (Wildman–Crippen LogP) is 0.571. The average molecular weight is 287 g/mol. The maximum Gasteiger partial charge on any atom is 0.496 e. The van der Waals surface area contributed by atoms with Crippen LogP contribution in [0.4, 0.5) is 0 Å². The van der Waals surface area contributed by atoms with Gasteiger partial charge in [-0.25, -0.2) is 4.68 Å². The first-order chi connectivity index (χ1) is 9.80. The van der Waals surface area contributed by atoms with E-state index in [0.29, 0.717) is 11.5 Å². The van der Waals surface area contributed by atoms with E-state index in [4.69, 9.17) is 9.31 Å². The van der Waals surface area contributed by atoms with Crippen LogP contribution in [-0.2, 0) is 16.4 Å². The topological polar surface area (TPSA) is 75.0 Å². The first-order valence-electron chi connectivity index (χ1n) is 6.84. The maximum atomic E-state index is 6.00. The van der Waals surface area contributed by atoms with Gasteiger partial charge in [-0.05, 0) is 44.2 Å². The lowest BCUT2D eigenvalue weighted by Gasteiger charge is -2.32. The molecule has 0 aromatic carbocycles. The Hall–Kier alpha value is -1.80. The second kappa shape index (κ2) is 4.61. The molecule has 0 saturated carbocycles. The van der Waals surface area contributed by atoms with E-state index in [1.165, 1.54) is 0 Å². The molecule has 0 unspecified atom stereocenters.